The summed E-state index contributed by atoms with van der Waals surface area (Å²) < 4.78 is 0. The number of hydrogen-bond acceptors (Lipinski definition) is 4. The Kier molecular flexibility index (Phi) is 5.98. The molecule has 0 saturated heterocycles. The zero-order valence-electron chi connectivity index (χ0n) is 11.9. The van der Waals surface area contributed by atoms with E-state index in [0.29, 0.717) is 5.69 Å². The smallest absolute Gasteiger partial charge is 0.331 e. The Morgan fingerprint density at radius 2 is 1.81 bits per heavy atom. The molecule has 0 aliphatic rings. The van der Waals surface area contributed by atoms with Crippen LogP contribution in [0.2, 0.25) is 0 Å². The minimum atomic E-state index is -1.20. The van der Waals surface area contributed by atoms with Crippen LogP contribution < -0.4 is 10.6 Å². The van der Waals surface area contributed by atoms with Gasteiger partial charge in [-0.1, -0.05) is 6.07 Å². The van der Waals surface area contributed by atoms with Crippen LogP contribution >= 0.6 is 11.8 Å². The van der Waals surface area contributed by atoms with E-state index in [-0.39, 0.29) is 11.1 Å². The van der Waals surface area contributed by atoms with Crippen LogP contribution in [-0.4, -0.2) is 29.3 Å². The number of carboxylic acid groups (broad SMARTS) is 1. The van der Waals surface area contributed by atoms with Gasteiger partial charge in [0.25, 0.3) is 5.91 Å². The first-order valence-electron chi connectivity index (χ1n) is 6.02. The Balaban J connectivity index is 2.71. The lowest BCUT2D eigenvalue weighted by molar-refractivity contribution is -0.133. The average Bonchev–Trinajstić information content (AvgIpc) is 2.45. The third-order valence-corrected chi connectivity index (χ3v) is 3.50. The number of carbonyl (C=O) groups excluding carboxylic acids is 2. The van der Waals surface area contributed by atoms with Crippen molar-refractivity contribution in [2.24, 2.45) is 0 Å². The molecule has 0 heterocycles. The third-order valence-electron chi connectivity index (χ3n) is 2.78. The standard InChI is InChI=1S/C14H16N2O4S/c1-8(9(2)13(18)19)12(17)16-14(20)15-10-5-4-6-11(7-10)21-3/h4-7H,1-3H3,(H,18,19)(H2,15,16,17,20). The number of amides is 3. The van der Waals surface area contributed by atoms with Crippen LogP contribution in [0.3, 0.4) is 0 Å². The van der Waals surface area contributed by atoms with E-state index in [1.807, 2.05) is 12.3 Å². The summed E-state index contributed by atoms with van der Waals surface area (Å²) in [6.07, 6.45) is 1.91. The van der Waals surface area contributed by atoms with Crippen LogP contribution in [0.5, 0.6) is 0 Å². The predicted molar refractivity (Wildman–Crippen MR) is 81.4 cm³/mol. The third kappa shape index (κ3) is 4.96. The SMILES string of the molecule is CSc1cccc(NC(=O)NC(=O)C(C)=C(C)C(=O)O)c1. The van der Waals surface area contributed by atoms with Crippen LogP contribution in [0, 0.1) is 0 Å². The Morgan fingerprint density at radius 3 is 2.38 bits per heavy atom. The Morgan fingerprint density at radius 1 is 1.14 bits per heavy atom. The van der Waals surface area contributed by atoms with Crippen molar-refractivity contribution in [3.63, 3.8) is 0 Å². The van der Waals surface area contributed by atoms with Gasteiger partial charge in [-0.05, 0) is 38.3 Å². The predicted octanol–water partition coefficient (Wildman–Crippen LogP) is 2.48. The monoisotopic (exact) mass is 308 g/mol. The molecular weight excluding hydrogens is 292 g/mol. The normalized spacial score (nSPS) is 11.4. The maximum absolute atomic E-state index is 11.7. The van der Waals surface area contributed by atoms with E-state index in [4.69, 9.17) is 5.11 Å². The van der Waals surface area contributed by atoms with Gasteiger partial charge in [-0.3, -0.25) is 10.1 Å². The first kappa shape index (κ1) is 16.8. The van der Waals surface area contributed by atoms with E-state index in [1.165, 1.54) is 25.6 Å². The molecule has 0 bridgehead atoms. The molecule has 0 atom stereocenters. The van der Waals surface area contributed by atoms with Crippen molar-refractivity contribution in [3.05, 3.63) is 35.4 Å². The van der Waals surface area contributed by atoms with E-state index >= 15 is 0 Å². The Bertz CT molecular complexity index is 611. The average molecular weight is 308 g/mol. The first-order chi connectivity index (χ1) is 9.85. The largest absolute Gasteiger partial charge is 0.478 e. The van der Waals surface area contributed by atoms with Gasteiger partial charge in [0, 0.05) is 21.7 Å². The van der Waals surface area contributed by atoms with Gasteiger partial charge in [0.1, 0.15) is 0 Å². The summed E-state index contributed by atoms with van der Waals surface area (Å²) in [6, 6.07) is 6.41. The number of nitrogens with one attached hydrogen (secondary N) is 2. The lowest BCUT2D eigenvalue weighted by Gasteiger charge is -2.08. The van der Waals surface area contributed by atoms with Gasteiger partial charge in [-0.2, -0.15) is 0 Å². The number of rotatable bonds is 4. The van der Waals surface area contributed by atoms with Crippen LogP contribution in [0.25, 0.3) is 0 Å². The summed E-state index contributed by atoms with van der Waals surface area (Å²) in [5, 5.41) is 13.4. The van der Waals surface area contributed by atoms with Gasteiger partial charge in [0.05, 0.1) is 0 Å². The second kappa shape index (κ2) is 7.49. The summed E-state index contributed by atoms with van der Waals surface area (Å²) in [4.78, 5) is 35.1. The highest BCUT2D eigenvalue weighted by Gasteiger charge is 2.15. The Labute approximate surface area is 126 Å². The second-order valence-electron chi connectivity index (χ2n) is 4.20. The molecule has 0 unspecified atom stereocenters. The molecular formula is C14H16N2O4S. The molecule has 3 amide bonds. The van der Waals surface area contributed by atoms with Gasteiger partial charge in [0.2, 0.25) is 0 Å². The van der Waals surface area contributed by atoms with Crippen LogP contribution in [-0.2, 0) is 9.59 Å². The number of hydrogen-bond donors (Lipinski definition) is 3. The summed E-state index contributed by atoms with van der Waals surface area (Å²) >= 11 is 1.52. The molecule has 7 heteroatoms. The van der Waals surface area contributed by atoms with Gasteiger partial charge in [-0.15, -0.1) is 11.8 Å². The number of imide groups is 1. The van der Waals surface area contributed by atoms with Crippen LogP contribution in [0.4, 0.5) is 10.5 Å². The zero-order chi connectivity index (χ0) is 16.0. The van der Waals surface area contributed by atoms with Gasteiger partial charge < -0.3 is 10.4 Å². The van der Waals surface area contributed by atoms with Crippen LogP contribution in [0.1, 0.15) is 13.8 Å². The van der Waals surface area contributed by atoms with Crippen molar-refractivity contribution < 1.29 is 19.5 Å². The van der Waals surface area contributed by atoms with Crippen molar-refractivity contribution in [2.75, 3.05) is 11.6 Å². The number of aliphatic carboxylic acids is 1. The fourth-order valence-corrected chi connectivity index (χ4v) is 1.85. The van der Waals surface area contributed by atoms with Gasteiger partial charge >= 0.3 is 12.0 Å². The van der Waals surface area contributed by atoms with Gasteiger partial charge in [0.15, 0.2) is 0 Å². The second-order valence-corrected chi connectivity index (χ2v) is 5.08. The van der Waals surface area contributed by atoms with E-state index < -0.39 is 17.9 Å². The number of urea groups is 1. The molecule has 3 N–H and O–H groups in total. The minimum absolute atomic E-state index is 0.0180. The molecule has 0 radical (unpaired) electrons. The van der Waals surface area contributed by atoms with Gasteiger partial charge in [-0.25, -0.2) is 9.59 Å². The molecule has 112 valence electrons. The zero-order valence-corrected chi connectivity index (χ0v) is 12.7. The van der Waals surface area contributed by atoms with E-state index in [1.54, 1.807) is 18.2 Å². The van der Waals surface area contributed by atoms with Crippen molar-refractivity contribution in [1.29, 1.82) is 0 Å². The maximum atomic E-state index is 11.7. The number of benzene rings is 1. The van der Waals surface area contributed by atoms with E-state index in [0.717, 1.165) is 4.90 Å². The molecule has 0 aliphatic carbocycles. The fourth-order valence-electron chi connectivity index (χ4n) is 1.39. The maximum Gasteiger partial charge on any atom is 0.331 e. The molecule has 21 heavy (non-hydrogen) atoms. The number of carbonyl (C=O) groups is 3. The quantitative estimate of drug-likeness (QED) is 0.586. The summed E-state index contributed by atoms with van der Waals surface area (Å²) in [5.41, 5.74) is 0.420. The minimum Gasteiger partial charge on any atom is -0.478 e. The molecule has 0 aliphatic heterocycles. The van der Waals surface area contributed by atoms with Crippen molar-refractivity contribution in [3.8, 4) is 0 Å². The molecule has 1 aromatic rings. The molecule has 0 aromatic heterocycles. The topological polar surface area (TPSA) is 95.5 Å². The molecule has 1 aromatic carbocycles. The highest BCUT2D eigenvalue weighted by atomic mass is 32.2. The van der Waals surface area contributed by atoms with E-state index in [9.17, 15) is 14.4 Å². The lowest BCUT2D eigenvalue weighted by atomic mass is 10.1. The number of thioether (sulfide) groups is 1. The van der Waals surface area contributed by atoms with E-state index in [2.05, 4.69) is 10.6 Å². The fraction of sp³-hybridized carbons (Fsp3) is 0.214. The van der Waals surface area contributed by atoms with Crippen molar-refractivity contribution >= 4 is 35.4 Å². The molecule has 6 nitrogen and oxygen atoms in total. The molecule has 0 spiro atoms. The number of carboxylic acids is 1. The highest BCUT2D eigenvalue weighted by Crippen LogP contribution is 2.18. The molecule has 0 saturated carbocycles. The Hall–Kier alpha value is -2.28. The first-order valence-corrected chi connectivity index (χ1v) is 7.24. The summed E-state index contributed by atoms with van der Waals surface area (Å²) in [5.74, 6) is -1.94. The summed E-state index contributed by atoms with van der Waals surface area (Å²) in [7, 11) is 0. The van der Waals surface area contributed by atoms with Crippen molar-refractivity contribution in [2.45, 2.75) is 18.7 Å². The van der Waals surface area contributed by atoms with Crippen LogP contribution in [0.15, 0.2) is 40.3 Å². The molecule has 0 fully saturated rings. The highest BCUT2D eigenvalue weighted by molar-refractivity contribution is 7.98. The van der Waals surface area contributed by atoms with Crippen molar-refractivity contribution in [1.82, 2.24) is 5.32 Å². The number of anilines is 1. The lowest BCUT2D eigenvalue weighted by Crippen LogP contribution is -2.35. The molecule has 1 rings (SSSR count). The summed E-state index contributed by atoms with van der Waals surface area (Å²) in [6.45, 7) is 2.65.